The van der Waals surface area contributed by atoms with Crippen LogP contribution in [0.3, 0.4) is 0 Å². The molecule has 0 aliphatic carbocycles. The summed E-state index contributed by atoms with van der Waals surface area (Å²) in [6, 6.07) is 0. The van der Waals surface area contributed by atoms with Gasteiger partial charge in [-0.15, -0.1) is 0 Å². The van der Waals surface area contributed by atoms with Gasteiger partial charge in [0.05, 0.1) is 26.2 Å². The number of unbranched alkanes of at least 4 members (excludes halogenated alkanes) is 3. The first-order valence-electron chi connectivity index (χ1n) is 7.38. The van der Waals surface area contributed by atoms with Gasteiger partial charge in [0, 0.05) is 0 Å². The van der Waals surface area contributed by atoms with Crippen LogP contribution < -0.4 is 0 Å². The molecule has 0 aliphatic rings. The molecule has 0 aromatic heterocycles. The van der Waals surface area contributed by atoms with Gasteiger partial charge in [0.25, 0.3) is 0 Å². The highest BCUT2D eigenvalue weighted by atomic mass is 16.1. The lowest BCUT2D eigenvalue weighted by Gasteiger charge is -2.38. The van der Waals surface area contributed by atoms with Crippen molar-refractivity contribution in [2.24, 2.45) is 0 Å². The van der Waals surface area contributed by atoms with E-state index in [9.17, 15) is 0 Å². The molecule has 0 spiro atoms. The summed E-state index contributed by atoms with van der Waals surface area (Å²) in [6.45, 7) is 16.9. The molecule has 0 atom stereocenters. The minimum Gasteiger partial charge on any atom is -0.324 e. The third-order valence-corrected chi connectivity index (χ3v) is 3.63. The third-order valence-electron chi connectivity index (χ3n) is 3.63. The molecule has 0 bridgehead atoms. The molecule has 0 amide bonds. The van der Waals surface area contributed by atoms with Gasteiger partial charge in [-0.3, -0.25) is 0 Å². The van der Waals surface area contributed by atoms with E-state index in [1.54, 1.807) is 0 Å². The SMILES string of the molecule is C=O.CCCC[N+](CC)(CCCC)CCCC. The van der Waals surface area contributed by atoms with Crippen LogP contribution in [0.1, 0.15) is 66.2 Å². The lowest BCUT2D eigenvalue weighted by Crippen LogP contribution is -2.49. The van der Waals surface area contributed by atoms with Crippen LogP contribution in [0, 0.1) is 0 Å². The average molecular weight is 244 g/mol. The van der Waals surface area contributed by atoms with Crippen LogP contribution >= 0.6 is 0 Å². The number of rotatable bonds is 10. The van der Waals surface area contributed by atoms with Gasteiger partial charge in [-0.2, -0.15) is 0 Å². The van der Waals surface area contributed by atoms with E-state index in [-0.39, 0.29) is 0 Å². The first-order chi connectivity index (χ1) is 8.24. The Labute approximate surface area is 109 Å². The highest BCUT2D eigenvalue weighted by Crippen LogP contribution is 2.14. The first-order valence-corrected chi connectivity index (χ1v) is 7.38. The van der Waals surface area contributed by atoms with E-state index < -0.39 is 0 Å². The molecule has 0 N–H and O–H groups in total. The zero-order chi connectivity index (χ0) is 13.6. The van der Waals surface area contributed by atoms with Crippen molar-refractivity contribution < 1.29 is 9.28 Å². The van der Waals surface area contributed by atoms with Gasteiger partial charge < -0.3 is 9.28 Å². The quantitative estimate of drug-likeness (QED) is 0.530. The predicted octanol–water partition coefficient (Wildman–Crippen LogP) is 4.04. The standard InChI is InChI=1S/C14H32N.CH2O/c1-5-9-12-15(8-4,13-10-6-2)14-11-7-3;1-2/h5-14H2,1-4H3;1H2/q+1;. The molecule has 0 aromatic rings. The molecule has 0 unspecified atom stereocenters. The fourth-order valence-electron chi connectivity index (χ4n) is 2.29. The van der Waals surface area contributed by atoms with E-state index in [2.05, 4.69) is 27.7 Å². The summed E-state index contributed by atoms with van der Waals surface area (Å²) in [4.78, 5) is 8.00. The van der Waals surface area contributed by atoms with Crippen LogP contribution in [0.15, 0.2) is 0 Å². The maximum atomic E-state index is 8.00. The van der Waals surface area contributed by atoms with E-state index in [0.717, 1.165) is 0 Å². The van der Waals surface area contributed by atoms with Crippen LogP contribution in [-0.4, -0.2) is 37.5 Å². The van der Waals surface area contributed by atoms with Gasteiger partial charge in [-0.25, -0.2) is 0 Å². The topological polar surface area (TPSA) is 17.1 Å². The van der Waals surface area contributed by atoms with Crippen LogP contribution in [-0.2, 0) is 4.79 Å². The summed E-state index contributed by atoms with van der Waals surface area (Å²) in [5, 5.41) is 0. The molecule has 0 saturated heterocycles. The number of carbonyl (C=O) groups excluding carboxylic acids is 1. The summed E-state index contributed by atoms with van der Waals surface area (Å²) in [6.07, 6.45) is 8.25. The lowest BCUT2D eigenvalue weighted by molar-refractivity contribution is -0.927. The summed E-state index contributed by atoms with van der Waals surface area (Å²) < 4.78 is 1.38. The van der Waals surface area contributed by atoms with Crippen molar-refractivity contribution in [1.82, 2.24) is 0 Å². The molecule has 0 radical (unpaired) electrons. The molecule has 0 rings (SSSR count). The Balaban J connectivity index is 0. The van der Waals surface area contributed by atoms with Crippen LogP contribution in [0.4, 0.5) is 0 Å². The summed E-state index contributed by atoms with van der Waals surface area (Å²) in [7, 11) is 0. The van der Waals surface area contributed by atoms with Gasteiger partial charge in [0.1, 0.15) is 6.79 Å². The molecule has 17 heavy (non-hydrogen) atoms. The molecule has 0 aliphatic heterocycles. The van der Waals surface area contributed by atoms with Gasteiger partial charge in [-0.05, 0) is 26.2 Å². The molecular weight excluding hydrogens is 210 g/mol. The zero-order valence-electron chi connectivity index (χ0n) is 12.6. The Kier molecular flexibility index (Phi) is 15.3. The number of hydrogen-bond acceptors (Lipinski definition) is 1. The summed E-state index contributed by atoms with van der Waals surface area (Å²) in [5.41, 5.74) is 0. The molecule has 2 nitrogen and oxygen atoms in total. The number of quaternary nitrogens is 1. The van der Waals surface area contributed by atoms with Crippen LogP contribution in [0.2, 0.25) is 0 Å². The maximum absolute atomic E-state index is 8.00. The normalized spacial score (nSPS) is 10.8. The van der Waals surface area contributed by atoms with E-state index in [0.29, 0.717) is 0 Å². The highest BCUT2D eigenvalue weighted by Gasteiger charge is 2.22. The van der Waals surface area contributed by atoms with Crippen molar-refractivity contribution in [1.29, 1.82) is 0 Å². The average Bonchev–Trinajstić information content (AvgIpc) is 2.41. The summed E-state index contributed by atoms with van der Waals surface area (Å²) >= 11 is 0. The Morgan fingerprint density at radius 1 is 0.706 bits per heavy atom. The minimum absolute atomic E-state index is 1.33. The van der Waals surface area contributed by atoms with Gasteiger partial charge in [-0.1, -0.05) is 40.0 Å². The smallest absolute Gasteiger partial charge is 0.106 e. The van der Waals surface area contributed by atoms with Crippen molar-refractivity contribution in [2.45, 2.75) is 66.2 Å². The molecule has 2 heteroatoms. The Morgan fingerprint density at radius 2 is 1.00 bits per heavy atom. The van der Waals surface area contributed by atoms with E-state index in [1.165, 1.54) is 69.2 Å². The second-order valence-electron chi connectivity index (χ2n) is 4.89. The van der Waals surface area contributed by atoms with Gasteiger partial charge in [0.2, 0.25) is 0 Å². The molecule has 104 valence electrons. The summed E-state index contributed by atoms with van der Waals surface area (Å²) in [5.74, 6) is 0. The van der Waals surface area contributed by atoms with Crippen molar-refractivity contribution in [2.75, 3.05) is 26.2 Å². The van der Waals surface area contributed by atoms with Crippen LogP contribution in [0.5, 0.6) is 0 Å². The largest absolute Gasteiger partial charge is 0.324 e. The van der Waals surface area contributed by atoms with E-state index >= 15 is 0 Å². The number of hydrogen-bond donors (Lipinski definition) is 0. The molecule has 0 saturated carbocycles. The molecule has 0 aromatic carbocycles. The Bertz CT molecular complexity index is 126. The Hall–Kier alpha value is -0.370. The molecule has 0 heterocycles. The zero-order valence-corrected chi connectivity index (χ0v) is 12.6. The minimum atomic E-state index is 1.33. The second kappa shape index (κ2) is 13.7. The second-order valence-corrected chi connectivity index (χ2v) is 4.89. The van der Waals surface area contributed by atoms with E-state index in [1.807, 2.05) is 6.79 Å². The predicted molar refractivity (Wildman–Crippen MR) is 77.2 cm³/mol. The fraction of sp³-hybridized carbons (Fsp3) is 0.933. The number of nitrogens with zero attached hydrogens (tertiary/aromatic N) is 1. The van der Waals surface area contributed by atoms with Crippen molar-refractivity contribution >= 4 is 6.79 Å². The van der Waals surface area contributed by atoms with Gasteiger partial charge in [0.15, 0.2) is 0 Å². The molecule has 0 fully saturated rings. The van der Waals surface area contributed by atoms with Crippen molar-refractivity contribution in [3.63, 3.8) is 0 Å². The lowest BCUT2D eigenvalue weighted by atomic mass is 10.1. The monoisotopic (exact) mass is 244 g/mol. The van der Waals surface area contributed by atoms with Gasteiger partial charge >= 0.3 is 0 Å². The van der Waals surface area contributed by atoms with Crippen molar-refractivity contribution in [3.05, 3.63) is 0 Å². The Morgan fingerprint density at radius 3 is 1.18 bits per heavy atom. The van der Waals surface area contributed by atoms with Crippen LogP contribution in [0.25, 0.3) is 0 Å². The fourth-order valence-corrected chi connectivity index (χ4v) is 2.29. The first kappa shape index (κ1) is 19.0. The maximum Gasteiger partial charge on any atom is 0.106 e. The van der Waals surface area contributed by atoms with Crippen molar-refractivity contribution in [3.8, 4) is 0 Å². The highest BCUT2D eigenvalue weighted by molar-refractivity contribution is 5.10. The molecular formula is C15H34NO+. The van der Waals surface area contributed by atoms with E-state index in [4.69, 9.17) is 4.79 Å². The third kappa shape index (κ3) is 9.34. The number of carbonyl (C=O) groups is 1.